The van der Waals surface area contributed by atoms with Crippen molar-refractivity contribution < 1.29 is 20.1 Å². The zero-order valence-electron chi connectivity index (χ0n) is 49.3. The fourth-order valence-electron chi connectivity index (χ4n) is 13.2. The first-order valence-corrected chi connectivity index (χ1v) is 31.6. The van der Waals surface area contributed by atoms with Crippen molar-refractivity contribution in [3.05, 3.63) is 332 Å². The zero-order valence-corrected chi connectivity index (χ0v) is 52.7. The topological polar surface area (TPSA) is 48.5 Å². The summed E-state index contributed by atoms with van der Waals surface area (Å²) < 4.78 is 3.88. The van der Waals surface area contributed by atoms with Crippen LogP contribution in [-0.2, 0) is 20.1 Å². The van der Waals surface area contributed by atoms with Gasteiger partial charge in [0.25, 0.3) is 0 Å². The number of rotatable bonds is 8. The van der Waals surface area contributed by atoms with Gasteiger partial charge in [-0.3, -0.25) is 9.36 Å². The van der Waals surface area contributed by atoms with Crippen LogP contribution in [0.1, 0.15) is 22.5 Å². The third-order valence-electron chi connectivity index (χ3n) is 17.0. The summed E-state index contributed by atoms with van der Waals surface area (Å²) in [5.41, 5.74) is 26.3. The predicted molar refractivity (Wildman–Crippen MR) is 361 cm³/mol. The van der Waals surface area contributed by atoms with E-state index in [0.29, 0.717) is 0 Å². The molecule has 0 atom stereocenters. The molecule has 14 aromatic rings. The van der Waals surface area contributed by atoms with Crippen LogP contribution in [-0.4, -0.2) is 32.6 Å². The Hall–Kier alpha value is -10.1. The van der Waals surface area contributed by atoms with Crippen molar-refractivity contribution >= 4 is 28.8 Å². The molecular formula is C81H60IrN5Si. The predicted octanol–water partition coefficient (Wildman–Crippen LogP) is 16.8. The quantitative estimate of drug-likeness (QED) is 0.113. The molecule has 422 valence electrons. The van der Waals surface area contributed by atoms with Gasteiger partial charge in [0.05, 0.1) is 11.9 Å². The Kier molecular flexibility index (Phi) is 16.0. The van der Waals surface area contributed by atoms with E-state index in [2.05, 4.69) is 256 Å². The van der Waals surface area contributed by atoms with Gasteiger partial charge in [0, 0.05) is 29.2 Å². The maximum Gasteiger partial charge on any atom is 3.00 e. The maximum atomic E-state index is 4.95. The van der Waals surface area contributed by atoms with Gasteiger partial charge in [-0.1, -0.05) is 194 Å². The summed E-state index contributed by atoms with van der Waals surface area (Å²) in [6.07, 6.45) is 5.80. The number of hydrogen-bond donors (Lipinski definition) is 0. The van der Waals surface area contributed by atoms with Crippen molar-refractivity contribution in [1.29, 1.82) is 0 Å². The van der Waals surface area contributed by atoms with Crippen LogP contribution >= 0.6 is 0 Å². The van der Waals surface area contributed by atoms with Gasteiger partial charge >= 0.3 is 20.1 Å². The molecule has 16 rings (SSSR count). The molecule has 0 N–H and O–H groups in total. The number of pyridine rings is 1. The summed E-state index contributed by atoms with van der Waals surface area (Å²) in [6.45, 7) is 8.66. The Morgan fingerprint density at radius 2 is 0.852 bits per heavy atom. The second kappa shape index (κ2) is 24.7. The number of aromatic nitrogens is 5. The zero-order chi connectivity index (χ0) is 58.8. The monoisotopic (exact) mass is 1320 g/mol. The van der Waals surface area contributed by atoms with Crippen LogP contribution in [0.2, 0.25) is 0 Å². The van der Waals surface area contributed by atoms with Crippen LogP contribution in [0.5, 0.6) is 0 Å². The summed E-state index contributed by atoms with van der Waals surface area (Å²) in [5, 5.41) is 15.4. The van der Waals surface area contributed by atoms with Gasteiger partial charge in [-0.2, -0.15) is 58.7 Å². The van der Waals surface area contributed by atoms with E-state index in [-0.39, 0.29) is 20.1 Å². The summed E-state index contributed by atoms with van der Waals surface area (Å²) >= 11 is 0. The first kappa shape index (κ1) is 57.0. The molecule has 7 heteroatoms. The van der Waals surface area contributed by atoms with Gasteiger partial charge in [0.2, 0.25) is 0 Å². The summed E-state index contributed by atoms with van der Waals surface area (Å²) in [6, 6.07) is 106. The van der Waals surface area contributed by atoms with Gasteiger partial charge in [0.1, 0.15) is 0 Å². The average molecular weight is 1320 g/mol. The molecule has 5 nitrogen and oxygen atoms in total. The SMILES string of the molecule is Cc1cc(-c2ccccc2)cc(C)c1-c1ccnc(-c2[c-]cccc2)c1.Cc1nn(-c2[c-]cccc2)c(C)c1-c1ccc2c(c1)[Si]1(c3ccccc3-c3ccccc31)c1ccccc1-2.[Ir+3].[c-]1ccccc1-n1cc(-c2ccc(-c3ccccc3)cc2)cn1. The normalized spacial score (nSPS) is 11.9. The average Bonchev–Trinajstić information content (AvgIpc) is 1.68. The van der Waals surface area contributed by atoms with Crippen LogP contribution in [0.3, 0.4) is 0 Å². The van der Waals surface area contributed by atoms with Crippen molar-refractivity contribution in [2.75, 3.05) is 0 Å². The number of nitrogens with zero attached hydrogens (tertiary/aromatic N) is 5. The van der Waals surface area contributed by atoms with Crippen LogP contribution < -0.4 is 20.7 Å². The third-order valence-corrected chi connectivity index (χ3v) is 22.0. The van der Waals surface area contributed by atoms with Crippen LogP contribution in [0, 0.1) is 45.9 Å². The van der Waals surface area contributed by atoms with E-state index < -0.39 is 8.07 Å². The Morgan fingerprint density at radius 1 is 0.375 bits per heavy atom. The summed E-state index contributed by atoms with van der Waals surface area (Å²) in [4.78, 5) is 4.53. The molecule has 2 aliphatic rings. The van der Waals surface area contributed by atoms with Crippen molar-refractivity contribution in [2.45, 2.75) is 27.7 Å². The molecule has 0 fully saturated rings. The van der Waals surface area contributed by atoms with Crippen molar-refractivity contribution in [2.24, 2.45) is 0 Å². The van der Waals surface area contributed by atoms with E-state index in [9.17, 15) is 0 Å². The number of fused-ring (bicyclic) bond motifs is 10. The number of benzene rings is 11. The Morgan fingerprint density at radius 3 is 1.42 bits per heavy atom. The van der Waals surface area contributed by atoms with E-state index in [1.807, 2.05) is 101 Å². The first-order valence-electron chi connectivity index (χ1n) is 29.6. The molecule has 5 heterocycles. The minimum Gasteiger partial charge on any atom is -0.305 e. The largest absolute Gasteiger partial charge is 3.00 e. The maximum absolute atomic E-state index is 4.95. The fourth-order valence-corrected chi connectivity index (χ4v) is 18.8. The third kappa shape index (κ3) is 10.5. The molecule has 0 unspecified atom stereocenters. The Labute approximate surface area is 530 Å². The van der Waals surface area contributed by atoms with Crippen LogP contribution in [0.4, 0.5) is 0 Å². The van der Waals surface area contributed by atoms with E-state index in [1.54, 1.807) is 0 Å². The van der Waals surface area contributed by atoms with Crippen molar-refractivity contribution in [1.82, 2.24) is 24.5 Å². The Bertz CT molecular complexity index is 4680. The minimum atomic E-state index is -2.44. The van der Waals surface area contributed by atoms with E-state index in [1.165, 1.54) is 98.6 Å². The fraction of sp³-hybridized carbons (Fsp3) is 0.0494. The number of hydrogen-bond acceptors (Lipinski definition) is 3. The molecule has 0 radical (unpaired) electrons. The van der Waals surface area contributed by atoms with Crippen molar-refractivity contribution in [3.8, 4) is 101 Å². The standard InChI is InChI=1S/C35H25N2Si.C25H20N.C21H15N2.Ir/c1-23-35(24(2)37(36-23)26-12-4-3-5-13-26)25-20-21-30-29-16-8-11-19-33(29)38(34(30)22-25)31-17-9-6-14-27(31)28-15-7-10-18-32(28)38;1-18-15-23(20-9-5-3-6-10-20)16-19(2)25(18)22-13-14-26-24(17-22)21-11-7-4-8-12-21;1-3-7-17(8-4-1)18-11-13-19(14-12-18)20-15-22-23(16-20)21-9-5-2-6-10-21;/h3-12,14-22H,1-2H3;3-11,13-17H,1-2H3;1-9,11-16H;/q3*-1;+3. The first-order chi connectivity index (χ1) is 42.8. The second-order valence-electron chi connectivity index (χ2n) is 22.3. The molecule has 2 aliphatic heterocycles. The molecular weight excluding hydrogens is 1260 g/mol. The minimum absolute atomic E-state index is 0. The summed E-state index contributed by atoms with van der Waals surface area (Å²) in [7, 11) is -2.44. The van der Waals surface area contributed by atoms with Crippen LogP contribution in [0.25, 0.3) is 101 Å². The molecule has 1 spiro atoms. The van der Waals surface area contributed by atoms with E-state index in [4.69, 9.17) is 5.10 Å². The summed E-state index contributed by atoms with van der Waals surface area (Å²) in [5.74, 6) is 0. The molecule has 0 amide bonds. The van der Waals surface area contributed by atoms with Gasteiger partial charge in [-0.05, 0) is 149 Å². The van der Waals surface area contributed by atoms with Gasteiger partial charge in [-0.25, -0.2) is 0 Å². The van der Waals surface area contributed by atoms with Crippen molar-refractivity contribution in [3.63, 3.8) is 0 Å². The van der Waals surface area contributed by atoms with Gasteiger partial charge in [0.15, 0.2) is 8.07 Å². The van der Waals surface area contributed by atoms with Gasteiger partial charge < -0.3 is 4.98 Å². The number of aryl methyl sites for hydroxylation is 3. The molecule has 0 bridgehead atoms. The smallest absolute Gasteiger partial charge is 0.305 e. The Balaban J connectivity index is 0.000000126. The molecule has 0 aliphatic carbocycles. The van der Waals surface area contributed by atoms with E-state index >= 15 is 0 Å². The molecule has 11 aromatic carbocycles. The van der Waals surface area contributed by atoms with Crippen LogP contribution in [0.15, 0.2) is 292 Å². The molecule has 0 saturated carbocycles. The second-order valence-corrected chi connectivity index (χ2v) is 25.9. The molecule has 3 aromatic heterocycles. The molecule has 88 heavy (non-hydrogen) atoms. The van der Waals surface area contributed by atoms with Gasteiger partial charge in [-0.15, -0.1) is 48.0 Å². The van der Waals surface area contributed by atoms with E-state index in [0.717, 1.165) is 45.1 Å². The molecule has 0 saturated heterocycles. The number of para-hydroxylation sites is 2.